The van der Waals surface area contributed by atoms with Crippen molar-refractivity contribution in [2.45, 2.75) is 32.9 Å². The molecule has 1 atom stereocenters. The normalized spacial score (nSPS) is 12.9. The Morgan fingerprint density at radius 3 is 2.66 bits per heavy atom. The monoisotopic (exact) mass is 427 g/mol. The Hall–Kier alpha value is -2.75. The first kappa shape index (κ1) is 21.0. The van der Waals surface area contributed by atoms with E-state index in [1.165, 1.54) is 13.0 Å². The van der Waals surface area contributed by atoms with Crippen molar-refractivity contribution in [2.75, 3.05) is 6.54 Å². The van der Waals surface area contributed by atoms with Gasteiger partial charge in [-0.1, -0.05) is 19.1 Å². The third-order valence-electron chi connectivity index (χ3n) is 4.51. The van der Waals surface area contributed by atoms with Crippen LogP contribution in [0.3, 0.4) is 0 Å². The number of benzene rings is 1. The number of aromatic nitrogens is 2. The number of carbonyl (C=O) groups excluding carboxylic acids is 1. The van der Waals surface area contributed by atoms with Crippen molar-refractivity contribution in [3.63, 3.8) is 0 Å². The Morgan fingerprint density at radius 2 is 2.03 bits per heavy atom. The molecule has 0 aliphatic carbocycles. The molecule has 0 saturated carbocycles. The number of hydrogen-bond acceptors (Lipinski definition) is 4. The van der Waals surface area contributed by atoms with Crippen molar-refractivity contribution >= 4 is 22.2 Å². The first-order valence-electron chi connectivity index (χ1n) is 8.73. The van der Waals surface area contributed by atoms with E-state index in [0.717, 1.165) is 27.9 Å². The second-order valence-electron chi connectivity index (χ2n) is 6.43. The molecule has 0 bridgehead atoms. The number of fused-ring (bicyclic) bond motifs is 1. The van der Waals surface area contributed by atoms with E-state index in [-0.39, 0.29) is 21.9 Å². The molecule has 2 heterocycles. The first-order chi connectivity index (χ1) is 13.6. The summed E-state index contributed by atoms with van der Waals surface area (Å²) in [5.41, 5.74) is -1.86. The van der Waals surface area contributed by atoms with Crippen molar-refractivity contribution in [2.24, 2.45) is 0 Å². The summed E-state index contributed by atoms with van der Waals surface area (Å²) >= 11 is 1.10. The van der Waals surface area contributed by atoms with Gasteiger partial charge in [0.15, 0.2) is 4.96 Å². The summed E-state index contributed by atoms with van der Waals surface area (Å²) in [4.78, 5) is 30.0. The van der Waals surface area contributed by atoms with Gasteiger partial charge < -0.3 is 5.32 Å². The van der Waals surface area contributed by atoms with Crippen LogP contribution in [0.2, 0.25) is 0 Å². The van der Waals surface area contributed by atoms with Crippen LogP contribution in [-0.2, 0) is 6.18 Å². The zero-order valence-corrected chi connectivity index (χ0v) is 16.5. The van der Waals surface area contributed by atoms with Crippen LogP contribution >= 0.6 is 11.3 Å². The van der Waals surface area contributed by atoms with Crippen LogP contribution in [-0.4, -0.2) is 21.8 Å². The molecule has 1 N–H and O–H groups in total. The molecule has 0 spiro atoms. The number of carbonyl (C=O) groups is 1. The fourth-order valence-corrected chi connectivity index (χ4v) is 4.06. The second kappa shape index (κ2) is 7.58. The molecule has 10 heteroatoms. The number of nitrogens with zero attached hydrogens (tertiary/aromatic N) is 2. The Morgan fingerprint density at radius 1 is 1.34 bits per heavy atom. The summed E-state index contributed by atoms with van der Waals surface area (Å²) in [6.45, 7) is 5.26. The third kappa shape index (κ3) is 3.76. The lowest BCUT2D eigenvalue weighted by atomic mass is 9.95. The minimum atomic E-state index is -4.83. The van der Waals surface area contributed by atoms with Crippen molar-refractivity contribution in [3.05, 3.63) is 67.8 Å². The van der Waals surface area contributed by atoms with Gasteiger partial charge in [-0.2, -0.15) is 13.2 Å². The van der Waals surface area contributed by atoms with Crippen molar-refractivity contribution < 1.29 is 22.4 Å². The lowest BCUT2D eigenvalue weighted by Crippen LogP contribution is -2.28. The molecule has 5 nitrogen and oxygen atoms in total. The van der Waals surface area contributed by atoms with Crippen molar-refractivity contribution in [1.82, 2.24) is 14.7 Å². The quantitative estimate of drug-likeness (QED) is 0.637. The molecule has 0 saturated heterocycles. The molecule has 3 rings (SSSR count). The average molecular weight is 427 g/mol. The number of alkyl halides is 3. The van der Waals surface area contributed by atoms with E-state index in [1.54, 1.807) is 13.8 Å². The van der Waals surface area contributed by atoms with Crippen LogP contribution < -0.4 is 10.9 Å². The highest BCUT2D eigenvalue weighted by Gasteiger charge is 2.35. The zero-order valence-electron chi connectivity index (χ0n) is 15.7. The van der Waals surface area contributed by atoms with Gasteiger partial charge in [-0.25, -0.2) is 13.8 Å². The van der Waals surface area contributed by atoms with Crippen LogP contribution in [0, 0.1) is 12.7 Å². The molecule has 29 heavy (non-hydrogen) atoms. The maximum Gasteiger partial charge on any atom is 0.419 e. The number of rotatable bonds is 4. The number of hydrogen-bond donors (Lipinski definition) is 1. The lowest BCUT2D eigenvalue weighted by Gasteiger charge is -2.16. The topological polar surface area (TPSA) is 63.5 Å². The zero-order chi connectivity index (χ0) is 21.5. The van der Waals surface area contributed by atoms with Gasteiger partial charge in [-0.3, -0.25) is 9.59 Å². The highest BCUT2D eigenvalue weighted by Crippen LogP contribution is 2.35. The van der Waals surface area contributed by atoms with Crippen molar-refractivity contribution in [1.29, 1.82) is 0 Å². The molecule has 0 aliphatic rings. The van der Waals surface area contributed by atoms with Gasteiger partial charge in [-0.05, 0) is 25.5 Å². The Balaban J connectivity index is 2.13. The van der Waals surface area contributed by atoms with Gasteiger partial charge in [0.2, 0.25) is 0 Å². The summed E-state index contributed by atoms with van der Waals surface area (Å²) in [6, 6.07) is 4.13. The van der Waals surface area contributed by atoms with E-state index < -0.39 is 34.9 Å². The van der Waals surface area contributed by atoms with Gasteiger partial charge in [0.25, 0.3) is 11.5 Å². The molecule has 1 aromatic carbocycles. The minimum Gasteiger partial charge on any atom is -0.351 e. The van der Waals surface area contributed by atoms with E-state index in [1.807, 2.05) is 0 Å². The maximum absolute atomic E-state index is 14.5. The van der Waals surface area contributed by atoms with Crippen LogP contribution in [0.4, 0.5) is 17.6 Å². The summed E-state index contributed by atoms with van der Waals surface area (Å²) in [7, 11) is 0. The highest BCUT2D eigenvalue weighted by molar-refractivity contribution is 7.17. The van der Waals surface area contributed by atoms with Crippen LogP contribution in [0.1, 0.15) is 52.0 Å². The largest absolute Gasteiger partial charge is 0.419 e. The van der Waals surface area contributed by atoms with Gasteiger partial charge in [0.05, 0.1) is 11.3 Å². The smallest absolute Gasteiger partial charge is 0.351 e. The third-order valence-corrected chi connectivity index (χ3v) is 5.46. The van der Waals surface area contributed by atoms with Crippen molar-refractivity contribution in [3.8, 4) is 0 Å². The maximum atomic E-state index is 14.5. The molecule has 2 aromatic heterocycles. The summed E-state index contributed by atoms with van der Waals surface area (Å²) < 4.78 is 54.7. The average Bonchev–Trinajstić information content (AvgIpc) is 2.97. The summed E-state index contributed by atoms with van der Waals surface area (Å²) in [6.07, 6.45) is -4.83. The lowest BCUT2D eigenvalue weighted by molar-refractivity contribution is -0.140. The van der Waals surface area contributed by atoms with Crippen LogP contribution in [0.25, 0.3) is 4.96 Å². The fourth-order valence-electron chi connectivity index (χ4n) is 3.09. The molecule has 1 unspecified atom stereocenters. The number of halogens is 4. The fraction of sp³-hybridized carbons (Fsp3) is 0.316. The number of thiazole rings is 1. The standard InChI is InChI=1S/C19H17F4N3O2S/c1-4-24-17(28)16-10(3)29-18-25-13(8-14(27)26(16)18)9(2)11-6-5-7-12(15(11)20)19(21,22)23/h5-9H,4H2,1-3H3,(H,24,28). The SMILES string of the molecule is CCNC(=O)c1c(C)sc2nc(C(C)c3cccc(C(F)(F)F)c3F)cc(=O)n12. The molecule has 0 radical (unpaired) electrons. The summed E-state index contributed by atoms with van der Waals surface area (Å²) in [5, 5.41) is 2.62. The molecular weight excluding hydrogens is 410 g/mol. The second-order valence-corrected chi connectivity index (χ2v) is 7.61. The molecule has 154 valence electrons. The minimum absolute atomic E-state index is 0.122. The molecule has 3 aromatic rings. The van der Waals surface area contributed by atoms with E-state index in [2.05, 4.69) is 10.3 Å². The number of aryl methyl sites for hydroxylation is 1. The molecular formula is C19H17F4N3O2S. The van der Waals surface area contributed by atoms with E-state index >= 15 is 0 Å². The molecule has 1 amide bonds. The number of amides is 1. The Bertz CT molecular complexity index is 1150. The molecule has 0 aliphatic heterocycles. The van der Waals surface area contributed by atoms with Crippen LogP contribution in [0.5, 0.6) is 0 Å². The first-order valence-corrected chi connectivity index (χ1v) is 9.54. The highest BCUT2D eigenvalue weighted by atomic mass is 32.1. The summed E-state index contributed by atoms with van der Waals surface area (Å²) in [5.74, 6) is -2.71. The predicted molar refractivity (Wildman–Crippen MR) is 101 cm³/mol. The Kier molecular flexibility index (Phi) is 5.48. The van der Waals surface area contributed by atoms with Gasteiger partial charge in [0.1, 0.15) is 11.5 Å². The van der Waals surface area contributed by atoms with E-state index in [0.29, 0.717) is 17.5 Å². The van der Waals surface area contributed by atoms with E-state index in [9.17, 15) is 27.2 Å². The predicted octanol–water partition coefficient (Wildman–Crippen LogP) is 4.12. The van der Waals surface area contributed by atoms with Gasteiger partial charge >= 0.3 is 6.18 Å². The Labute approximate surface area is 167 Å². The van der Waals surface area contributed by atoms with Gasteiger partial charge in [0, 0.05) is 23.4 Å². The van der Waals surface area contributed by atoms with Gasteiger partial charge in [-0.15, -0.1) is 11.3 Å². The van der Waals surface area contributed by atoms with E-state index in [4.69, 9.17) is 0 Å². The molecule has 0 fully saturated rings. The number of nitrogens with one attached hydrogen (secondary N) is 1. The van der Waals surface area contributed by atoms with Crippen LogP contribution in [0.15, 0.2) is 29.1 Å².